The molecule has 0 radical (unpaired) electrons. The van der Waals surface area contributed by atoms with Gasteiger partial charge < -0.3 is 5.11 Å². The molecular formula is C6H12O. The SMILES string of the molecule is C[C@H]1CCCC1O. The van der Waals surface area contributed by atoms with E-state index in [1.54, 1.807) is 0 Å². The lowest BCUT2D eigenvalue weighted by atomic mass is 10.1. The van der Waals surface area contributed by atoms with E-state index in [1.807, 2.05) is 0 Å². The van der Waals surface area contributed by atoms with Crippen molar-refractivity contribution >= 4 is 0 Å². The van der Waals surface area contributed by atoms with Gasteiger partial charge in [-0.3, -0.25) is 0 Å². The van der Waals surface area contributed by atoms with Crippen molar-refractivity contribution < 1.29 is 5.11 Å². The van der Waals surface area contributed by atoms with Gasteiger partial charge in [-0.25, -0.2) is 0 Å². The molecule has 0 heterocycles. The molecule has 1 saturated carbocycles. The van der Waals surface area contributed by atoms with Gasteiger partial charge in [0.1, 0.15) is 0 Å². The molecule has 42 valence electrons. The zero-order valence-corrected chi connectivity index (χ0v) is 4.72. The van der Waals surface area contributed by atoms with Crippen molar-refractivity contribution in [3.8, 4) is 0 Å². The summed E-state index contributed by atoms with van der Waals surface area (Å²) in [5.74, 6) is 0.569. The summed E-state index contributed by atoms with van der Waals surface area (Å²) in [6.45, 7) is 2.11. The molecule has 1 N–H and O–H groups in total. The van der Waals surface area contributed by atoms with Gasteiger partial charge in [0.05, 0.1) is 6.10 Å². The van der Waals surface area contributed by atoms with Crippen molar-refractivity contribution in [1.29, 1.82) is 0 Å². The molecule has 2 atom stereocenters. The predicted octanol–water partition coefficient (Wildman–Crippen LogP) is 1.17. The van der Waals surface area contributed by atoms with Gasteiger partial charge in [0.2, 0.25) is 0 Å². The summed E-state index contributed by atoms with van der Waals surface area (Å²) in [6.07, 6.45) is 3.49. The molecule has 0 spiro atoms. The maximum absolute atomic E-state index is 9.00. The van der Waals surface area contributed by atoms with Crippen LogP contribution in [0.4, 0.5) is 0 Å². The standard InChI is InChI=1S/C6H12O/c1-5-3-2-4-6(5)7/h5-7H,2-4H2,1H3/t5-,6?/m0/s1. The summed E-state index contributed by atoms with van der Waals surface area (Å²) < 4.78 is 0. The molecule has 0 bridgehead atoms. The molecule has 1 fully saturated rings. The number of aliphatic hydroxyl groups is 1. The van der Waals surface area contributed by atoms with Crippen molar-refractivity contribution in [3.63, 3.8) is 0 Å². The zero-order chi connectivity index (χ0) is 5.28. The van der Waals surface area contributed by atoms with E-state index in [1.165, 1.54) is 12.8 Å². The van der Waals surface area contributed by atoms with Crippen molar-refractivity contribution in [2.75, 3.05) is 0 Å². The Morgan fingerprint density at radius 1 is 1.43 bits per heavy atom. The molecule has 0 amide bonds. The molecule has 1 aliphatic carbocycles. The summed E-state index contributed by atoms with van der Waals surface area (Å²) in [7, 11) is 0. The van der Waals surface area contributed by atoms with E-state index >= 15 is 0 Å². The van der Waals surface area contributed by atoms with Crippen LogP contribution in [0.15, 0.2) is 0 Å². The Hall–Kier alpha value is -0.0400. The minimum atomic E-state index is 0.0139. The van der Waals surface area contributed by atoms with Gasteiger partial charge in [-0.05, 0) is 18.8 Å². The smallest absolute Gasteiger partial charge is 0.0565 e. The largest absolute Gasteiger partial charge is 0.393 e. The van der Waals surface area contributed by atoms with Gasteiger partial charge in [0, 0.05) is 0 Å². The molecule has 7 heavy (non-hydrogen) atoms. The number of aliphatic hydroxyl groups excluding tert-OH is 1. The number of rotatable bonds is 0. The molecule has 1 rings (SSSR count). The van der Waals surface area contributed by atoms with Crippen LogP contribution in [0.2, 0.25) is 0 Å². The van der Waals surface area contributed by atoms with Gasteiger partial charge in [-0.2, -0.15) is 0 Å². The highest BCUT2D eigenvalue weighted by Crippen LogP contribution is 2.23. The Morgan fingerprint density at radius 3 is 2.29 bits per heavy atom. The Kier molecular flexibility index (Phi) is 1.33. The van der Waals surface area contributed by atoms with Gasteiger partial charge in [-0.1, -0.05) is 13.3 Å². The molecule has 1 aliphatic rings. The number of hydrogen-bond donors (Lipinski definition) is 1. The molecule has 0 aromatic heterocycles. The van der Waals surface area contributed by atoms with Gasteiger partial charge in [0.25, 0.3) is 0 Å². The normalized spacial score (nSPS) is 42.0. The van der Waals surface area contributed by atoms with E-state index in [-0.39, 0.29) is 6.10 Å². The molecule has 0 saturated heterocycles. The van der Waals surface area contributed by atoms with Gasteiger partial charge >= 0.3 is 0 Å². The molecule has 1 nitrogen and oxygen atoms in total. The minimum Gasteiger partial charge on any atom is -0.393 e. The second kappa shape index (κ2) is 1.83. The van der Waals surface area contributed by atoms with Crippen molar-refractivity contribution in [2.45, 2.75) is 32.3 Å². The molecule has 1 unspecified atom stereocenters. The third kappa shape index (κ3) is 0.942. The Morgan fingerprint density at radius 2 is 2.14 bits per heavy atom. The van der Waals surface area contributed by atoms with Crippen LogP contribution in [0.3, 0.4) is 0 Å². The van der Waals surface area contributed by atoms with Crippen LogP contribution in [-0.4, -0.2) is 11.2 Å². The van der Waals surface area contributed by atoms with E-state index in [9.17, 15) is 0 Å². The van der Waals surface area contributed by atoms with Crippen LogP contribution in [-0.2, 0) is 0 Å². The maximum atomic E-state index is 9.00. The first-order chi connectivity index (χ1) is 3.30. The lowest BCUT2D eigenvalue weighted by Crippen LogP contribution is -2.07. The fraction of sp³-hybridized carbons (Fsp3) is 1.00. The zero-order valence-electron chi connectivity index (χ0n) is 4.72. The average molecular weight is 100 g/mol. The van der Waals surface area contributed by atoms with E-state index in [0.717, 1.165) is 6.42 Å². The highest BCUT2D eigenvalue weighted by molar-refractivity contribution is 4.71. The second-order valence-corrected chi connectivity index (χ2v) is 2.48. The maximum Gasteiger partial charge on any atom is 0.0565 e. The topological polar surface area (TPSA) is 20.2 Å². The summed E-state index contributed by atoms with van der Waals surface area (Å²) in [6, 6.07) is 0. The summed E-state index contributed by atoms with van der Waals surface area (Å²) >= 11 is 0. The third-order valence-electron chi connectivity index (χ3n) is 1.82. The van der Waals surface area contributed by atoms with Crippen LogP contribution >= 0.6 is 0 Å². The summed E-state index contributed by atoms with van der Waals surface area (Å²) in [5, 5.41) is 9.00. The van der Waals surface area contributed by atoms with E-state index in [2.05, 4.69) is 6.92 Å². The first-order valence-corrected chi connectivity index (χ1v) is 2.99. The van der Waals surface area contributed by atoms with Crippen LogP contribution < -0.4 is 0 Å². The molecule has 1 heteroatoms. The fourth-order valence-electron chi connectivity index (χ4n) is 1.13. The lowest BCUT2D eigenvalue weighted by molar-refractivity contribution is 0.141. The van der Waals surface area contributed by atoms with Crippen molar-refractivity contribution in [3.05, 3.63) is 0 Å². The highest BCUT2D eigenvalue weighted by atomic mass is 16.3. The molecular weight excluding hydrogens is 88.1 g/mol. The fourth-order valence-corrected chi connectivity index (χ4v) is 1.13. The van der Waals surface area contributed by atoms with Crippen LogP contribution in [0.25, 0.3) is 0 Å². The van der Waals surface area contributed by atoms with Crippen LogP contribution in [0.5, 0.6) is 0 Å². The van der Waals surface area contributed by atoms with Gasteiger partial charge in [0.15, 0.2) is 0 Å². The first-order valence-electron chi connectivity index (χ1n) is 2.99. The summed E-state index contributed by atoms with van der Waals surface area (Å²) in [5.41, 5.74) is 0. The predicted molar refractivity (Wildman–Crippen MR) is 29.0 cm³/mol. The van der Waals surface area contributed by atoms with E-state index < -0.39 is 0 Å². The molecule has 0 aliphatic heterocycles. The summed E-state index contributed by atoms with van der Waals surface area (Å²) in [4.78, 5) is 0. The van der Waals surface area contributed by atoms with Crippen molar-refractivity contribution in [1.82, 2.24) is 0 Å². The van der Waals surface area contributed by atoms with E-state index in [0.29, 0.717) is 5.92 Å². The minimum absolute atomic E-state index is 0.0139. The lowest BCUT2D eigenvalue weighted by Gasteiger charge is -2.04. The monoisotopic (exact) mass is 100 g/mol. The van der Waals surface area contributed by atoms with E-state index in [4.69, 9.17) is 5.11 Å². The Bertz CT molecular complexity index is 53.2. The highest BCUT2D eigenvalue weighted by Gasteiger charge is 2.19. The Labute approximate surface area is 44.4 Å². The third-order valence-corrected chi connectivity index (χ3v) is 1.82. The van der Waals surface area contributed by atoms with Gasteiger partial charge in [-0.15, -0.1) is 0 Å². The van der Waals surface area contributed by atoms with Crippen molar-refractivity contribution in [2.24, 2.45) is 5.92 Å². The molecule has 0 aromatic carbocycles. The Balaban J connectivity index is 2.33. The first kappa shape index (κ1) is 5.10. The van der Waals surface area contributed by atoms with Crippen LogP contribution in [0, 0.1) is 5.92 Å². The quantitative estimate of drug-likeness (QED) is 0.484. The average Bonchev–Trinajstić information content (AvgIpc) is 1.91. The second-order valence-electron chi connectivity index (χ2n) is 2.48. The number of hydrogen-bond acceptors (Lipinski definition) is 1. The van der Waals surface area contributed by atoms with Crippen LogP contribution in [0.1, 0.15) is 26.2 Å². The molecule has 0 aromatic rings.